The van der Waals surface area contributed by atoms with Crippen molar-refractivity contribution >= 4 is 11.3 Å². The van der Waals surface area contributed by atoms with Crippen LogP contribution in [-0.4, -0.2) is 59.8 Å². The number of halogens is 1. The molecule has 1 aliphatic heterocycles. The van der Waals surface area contributed by atoms with E-state index in [1.165, 1.54) is 11.3 Å². The van der Waals surface area contributed by atoms with Crippen LogP contribution in [0, 0.1) is 0 Å². The molecular formula is C19H27FO6S. The summed E-state index contributed by atoms with van der Waals surface area (Å²) in [4.78, 5) is 0.904. The molecule has 27 heavy (non-hydrogen) atoms. The molecule has 1 saturated heterocycles. The highest BCUT2D eigenvalue weighted by atomic mass is 32.1. The summed E-state index contributed by atoms with van der Waals surface area (Å²) in [5.41, 5.74) is 1.08. The minimum Gasteiger partial charge on any atom is -0.501 e. The summed E-state index contributed by atoms with van der Waals surface area (Å²) in [5, 5.41) is 30.9. The van der Waals surface area contributed by atoms with Crippen LogP contribution in [0.25, 0.3) is 0 Å². The summed E-state index contributed by atoms with van der Waals surface area (Å²) in [6.07, 6.45) is -2.32. The molecule has 1 aromatic heterocycles. The molecule has 6 nitrogen and oxygen atoms in total. The van der Waals surface area contributed by atoms with Crippen molar-refractivity contribution in [3.8, 4) is 5.75 Å². The molecule has 1 fully saturated rings. The first kappa shape index (κ1) is 21.8. The molecular weight excluding hydrogens is 375 g/mol. The number of alkyl halides is 1. The molecule has 0 radical (unpaired) electrons. The van der Waals surface area contributed by atoms with Crippen molar-refractivity contribution in [3.05, 3.63) is 39.8 Å². The average Bonchev–Trinajstić information content (AvgIpc) is 3.09. The second-order valence-corrected chi connectivity index (χ2v) is 7.36. The predicted octanol–water partition coefficient (Wildman–Crippen LogP) is 2.33. The zero-order valence-corrected chi connectivity index (χ0v) is 16.5. The van der Waals surface area contributed by atoms with Gasteiger partial charge in [-0.15, -0.1) is 11.3 Å². The van der Waals surface area contributed by atoms with Crippen LogP contribution in [0.15, 0.2) is 34.9 Å². The zero-order valence-electron chi connectivity index (χ0n) is 15.7. The third-order valence-electron chi connectivity index (χ3n) is 4.35. The molecule has 0 aromatic carbocycles. The second-order valence-electron chi connectivity index (χ2n) is 6.36. The Kier molecular flexibility index (Phi) is 8.25. The first-order valence-corrected chi connectivity index (χ1v) is 9.69. The Morgan fingerprint density at radius 1 is 1.33 bits per heavy atom. The van der Waals surface area contributed by atoms with Crippen LogP contribution in [0.1, 0.15) is 25.1 Å². The van der Waals surface area contributed by atoms with E-state index in [-0.39, 0.29) is 0 Å². The van der Waals surface area contributed by atoms with Crippen molar-refractivity contribution in [1.29, 1.82) is 0 Å². The van der Waals surface area contributed by atoms with Crippen molar-refractivity contribution in [1.82, 2.24) is 0 Å². The zero-order chi connectivity index (χ0) is 20.0. The smallest absolute Gasteiger partial charge is 0.229 e. The number of hydrogen-bond donors (Lipinski definition) is 3. The van der Waals surface area contributed by atoms with E-state index in [2.05, 4.69) is 0 Å². The lowest BCUT2D eigenvalue weighted by Gasteiger charge is -2.38. The summed E-state index contributed by atoms with van der Waals surface area (Å²) in [7, 11) is 1.63. The normalized spacial score (nSPS) is 29.7. The van der Waals surface area contributed by atoms with Gasteiger partial charge in [0.2, 0.25) is 6.29 Å². The van der Waals surface area contributed by atoms with Crippen LogP contribution in [-0.2, 0) is 15.9 Å². The van der Waals surface area contributed by atoms with Crippen LogP contribution in [0.4, 0.5) is 4.39 Å². The van der Waals surface area contributed by atoms with Gasteiger partial charge in [0.05, 0.1) is 24.4 Å². The van der Waals surface area contributed by atoms with E-state index in [0.717, 1.165) is 22.6 Å². The maximum atomic E-state index is 13.8. The van der Waals surface area contributed by atoms with Gasteiger partial charge in [0, 0.05) is 12.8 Å². The summed E-state index contributed by atoms with van der Waals surface area (Å²) in [6, 6.07) is 1.73. The summed E-state index contributed by atoms with van der Waals surface area (Å²) < 4.78 is 30.0. The predicted molar refractivity (Wildman–Crippen MR) is 100 cm³/mol. The number of hydrogen-bond acceptors (Lipinski definition) is 7. The fourth-order valence-corrected chi connectivity index (χ4v) is 3.60. The monoisotopic (exact) mass is 402 g/mol. The molecule has 3 N–H and O–H groups in total. The fraction of sp³-hybridized carbons (Fsp3) is 0.579. The van der Waals surface area contributed by atoms with Crippen molar-refractivity contribution < 1.29 is 33.9 Å². The Labute approximate surface area is 162 Å². The van der Waals surface area contributed by atoms with Gasteiger partial charge in [0.15, 0.2) is 6.17 Å². The minimum absolute atomic E-state index is 0.490. The van der Waals surface area contributed by atoms with Gasteiger partial charge in [-0.05, 0) is 24.4 Å². The average molecular weight is 402 g/mol. The summed E-state index contributed by atoms with van der Waals surface area (Å²) >= 11 is 1.48. The number of aliphatic hydroxyl groups excluding tert-OH is 3. The SMILES string of the molecule is CCC(=CC=C(C)Cc1sccc1OC1OC(CO)C(F)C(O)C1O)OC. The number of allylic oxidation sites excluding steroid dienone is 4. The molecule has 1 aliphatic rings. The molecule has 0 amide bonds. The number of aliphatic hydroxyl groups is 3. The lowest BCUT2D eigenvalue weighted by Crippen LogP contribution is -2.58. The molecule has 1 aromatic rings. The quantitative estimate of drug-likeness (QED) is 0.457. The fourth-order valence-electron chi connectivity index (χ4n) is 2.70. The molecule has 2 heterocycles. The van der Waals surface area contributed by atoms with Crippen molar-refractivity contribution in [2.75, 3.05) is 13.7 Å². The van der Waals surface area contributed by atoms with Gasteiger partial charge in [-0.25, -0.2) is 4.39 Å². The molecule has 5 unspecified atom stereocenters. The Hall–Kier alpha value is -1.45. The Balaban J connectivity index is 2.08. The van der Waals surface area contributed by atoms with Crippen LogP contribution < -0.4 is 4.74 Å². The number of methoxy groups -OCH3 is 1. The van der Waals surface area contributed by atoms with Gasteiger partial charge < -0.3 is 29.5 Å². The number of thiophene rings is 1. The van der Waals surface area contributed by atoms with Gasteiger partial charge in [0.1, 0.15) is 24.1 Å². The maximum absolute atomic E-state index is 13.8. The topological polar surface area (TPSA) is 88.4 Å². The molecule has 0 saturated carbocycles. The van der Waals surface area contributed by atoms with Gasteiger partial charge in [-0.1, -0.05) is 18.6 Å². The van der Waals surface area contributed by atoms with E-state index in [9.17, 15) is 19.7 Å². The highest BCUT2D eigenvalue weighted by molar-refractivity contribution is 7.10. The molecule has 0 spiro atoms. The summed E-state index contributed by atoms with van der Waals surface area (Å²) in [5.74, 6) is 1.37. The van der Waals surface area contributed by atoms with Crippen molar-refractivity contribution in [2.45, 2.75) is 57.5 Å². The molecule has 0 bridgehead atoms. The van der Waals surface area contributed by atoms with E-state index >= 15 is 0 Å². The van der Waals surface area contributed by atoms with E-state index in [1.807, 2.05) is 31.4 Å². The first-order chi connectivity index (χ1) is 12.9. The highest BCUT2D eigenvalue weighted by Crippen LogP contribution is 2.32. The van der Waals surface area contributed by atoms with E-state index < -0.39 is 37.4 Å². The lowest BCUT2D eigenvalue weighted by atomic mass is 10.0. The Morgan fingerprint density at radius 3 is 2.70 bits per heavy atom. The number of ether oxygens (including phenoxy) is 3. The van der Waals surface area contributed by atoms with Crippen LogP contribution in [0.2, 0.25) is 0 Å². The van der Waals surface area contributed by atoms with E-state index in [1.54, 1.807) is 13.2 Å². The molecule has 152 valence electrons. The Bertz CT molecular complexity index is 650. The summed E-state index contributed by atoms with van der Waals surface area (Å²) in [6.45, 7) is 3.37. The largest absolute Gasteiger partial charge is 0.501 e. The highest BCUT2D eigenvalue weighted by Gasteiger charge is 2.46. The molecule has 2 rings (SSSR count). The van der Waals surface area contributed by atoms with Crippen molar-refractivity contribution in [3.63, 3.8) is 0 Å². The number of rotatable bonds is 8. The maximum Gasteiger partial charge on any atom is 0.229 e. The lowest BCUT2D eigenvalue weighted by molar-refractivity contribution is -0.265. The first-order valence-electron chi connectivity index (χ1n) is 8.81. The van der Waals surface area contributed by atoms with Gasteiger partial charge >= 0.3 is 0 Å². The molecule has 8 heteroatoms. The van der Waals surface area contributed by atoms with E-state index in [0.29, 0.717) is 12.2 Å². The molecule has 5 atom stereocenters. The van der Waals surface area contributed by atoms with Crippen molar-refractivity contribution in [2.24, 2.45) is 0 Å². The third kappa shape index (κ3) is 5.52. The van der Waals surface area contributed by atoms with Crippen LogP contribution in [0.3, 0.4) is 0 Å². The van der Waals surface area contributed by atoms with Gasteiger partial charge in [-0.3, -0.25) is 0 Å². The van der Waals surface area contributed by atoms with Gasteiger partial charge in [0.25, 0.3) is 0 Å². The minimum atomic E-state index is -1.88. The van der Waals surface area contributed by atoms with Gasteiger partial charge in [-0.2, -0.15) is 0 Å². The second kappa shape index (κ2) is 10.2. The van der Waals surface area contributed by atoms with E-state index in [4.69, 9.17) is 14.2 Å². The third-order valence-corrected chi connectivity index (χ3v) is 5.25. The van der Waals surface area contributed by atoms with Crippen LogP contribution in [0.5, 0.6) is 5.75 Å². The molecule has 0 aliphatic carbocycles. The Morgan fingerprint density at radius 2 is 2.07 bits per heavy atom. The van der Waals surface area contributed by atoms with Crippen LogP contribution >= 0.6 is 11.3 Å². The standard InChI is InChI=1S/C19H27FO6S/c1-4-12(24-3)6-5-11(2)9-15-13(7-8-27-15)25-19-18(23)17(22)16(20)14(10-21)26-19/h5-8,14,16-19,21-23H,4,9-10H2,1-3H3.